The summed E-state index contributed by atoms with van der Waals surface area (Å²) in [6.07, 6.45) is 1.89. The molecule has 0 saturated carbocycles. The highest BCUT2D eigenvalue weighted by atomic mass is 16.2. The van der Waals surface area contributed by atoms with Gasteiger partial charge >= 0.3 is 0 Å². The first-order valence-corrected chi connectivity index (χ1v) is 5.18. The molecule has 1 rings (SSSR count). The van der Waals surface area contributed by atoms with Crippen LogP contribution >= 0.6 is 0 Å². The quantitative estimate of drug-likeness (QED) is 0.785. The molecule has 0 unspecified atom stereocenters. The summed E-state index contributed by atoms with van der Waals surface area (Å²) in [7, 11) is 1.80. The maximum absolute atomic E-state index is 11.9. The van der Waals surface area contributed by atoms with Gasteiger partial charge in [0.15, 0.2) is 0 Å². The van der Waals surface area contributed by atoms with Gasteiger partial charge < -0.3 is 10.6 Å². The van der Waals surface area contributed by atoms with Gasteiger partial charge in [-0.25, -0.2) is 0 Å². The summed E-state index contributed by atoms with van der Waals surface area (Å²) >= 11 is 0. The summed E-state index contributed by atoms with van der Waals surface area (Å²) < 4.78 is 0. The molecule has 15 heavy (non-hydrogen) atoms. The van der Waals surface area contributed by atoms with E-state index in [1.54, 1.807) is 18.0 Å². The minimum Gasteiger partial charge on any atom is -0.382 e. The zero-order valence-corrected chi connectivity index (χ0v) is 9.45. The minimum absolute atomic E-state index is 0.0621. The normalized spacial score (nSPS) is 10.7. The molecule has 84 valence electrons. The predicted octanol–water partition coefficient (Wildman–Crippen LogP) is 1.25. The molecular formula is C10H18N4O. The first kappa shape index (κ1) is 11.6. The standard InChI is InChI=1S/C10H18N4O/c1-4-7(5-2)14(3)10(15)8-6-9(11)13-12-8/h6-7H,4-5H2,1-3H3,(H3,11,12,13). The summed E-state index contributed by atoms with van der Waals surface area (Å²) in [6, 6.07) is 1.82. The molecule has 0 atom stereocenters. The molecule has 1 aromatic rings. The van der Waals surface area contributed by atoms with Crippen molar-refractivity contribution >= 4 is 11.7 Å². The number of hydrogen-bond donors (Lipinski definition) is 2. The summed E-state index contributed by atoms with van der Waals surface area (Å²) in [6.45, 7) is 4.14. The Morgan fingerprint density at radius 3 is 2.60 bits per heavy atom. The van der Waals surface area contributed by atoms with Crippen molar-refractivity contribution in [2.75, 3.05) is 12.8 Å². The summed E-state index contributed by atoms with van der Waals surface area (Å²) in [5.41, 5.74) is 5.89. The molecule has 0 aliphatic heterocycles. The van der Waals surface area contributed by atoms with Crippen LogP contribution in [0, 0.1) is 0 Å². The molecule has 0 aromatic carbocycles. The van der Waals surface area contributed by atoms with Gasteiger partial charge in [0, 0.05) is 19.2 Å². The van der Waals surface area contributed by atoms with Crippen LogP contribution in [0.3, 0.4) is 0 Å². The second-order valence-electron chi connectivity index (χ2n) is 3.59. The first-order chi connectivity index (χ1) is 7.10. The Hall–Kier alpha value is -1.52. The fraction of sp³-hybridized carbons (Fsp3) is 0.600. The van der Waals surface area contributed by atoms with Gasteiger partial charge in [-0.1, -0.05) is 13.8 Å². The monoisotopic (exact) mass is 210 g/mol. The van der Waals surface area contributed by atoms with Gasteiger partial charge in [0.2, 0.25) is 0 Å². The Kier molecular flexibility index (Phi) is 3.71. The average molecular weight is 210 g/mol. The van der Waals surface area contributed by atoms with E-state index in [-0.39, 0.29) is 11.9 Å². The highest BCUT2D eigenvalue weighted by molar-refractivity contribution is 5.92. The molecule has 5 heteroatoms. The number of amides is 1. The highest BCUT2D eigenvalue weighted by Crippen LogP contribution is 2.11. The Morgan fingerprint density at radius 2 is 2.20 bits per heavy atom. The van der Waals surface area contributed by atoms with Crippen LogP contribution in [0.25, 0.3) is 0 Å². The van der Waals surface area contributed by atoms with Gasteiger partial charge in [-0.05, 0) is 12.8 Å². The highest BCUT2D eigenvalue weighted by Gasteiger charge is 2.19. The molecule has 0 saturated heterocycles. The van der Waals surface area contributed by atoms with Gasteiger partial charge in [-0.2, -0.15) is 5.10 Å². The number of nitrogens with one attached hydrogen (secondary N) is 1. The average Bonchev–Trinajstić information content (AvgIpc) is 2.65. The SMILES string of the molecule is CCC(CC)N(C)C(=O)c1cc(N)n[nH]1. The number of aromatic amines is 1. The topological polar surface area (TPSA) is 75.0 Å². The minimum atomic E-state index is -0.0621. The van der Waals surface area contributed by atoms with Crippen molar-refractivity contribution in [2.45, 2.75) is 32.7 Å². The van der Waals surface area contributed by atoms with Gasteiger partial charge in [0.25, 0.3) is 5.91 Å². The summed E-state index contributed by atoms with van der Waals surface area (Å²) in [5.74, 6) is 0.282. The lowest BCUT2D eigenvalue weighted by Crippen LogP contribution is -2.36. The zero-order chi connectivity index (χ0) is 11.4. The fourth-order valence-corrected chi connectivity index (χ4v) is 1.64. The van der Waals surface area contributed by atoms with Crippen molar-refractivity contribution in [1.29, 1.82) is 0 Å². The van der Waals surface area contributed by atoms with E-state index in [4.69, 9.17) is 5.73 Å². The Bertz CT molecular complexity index is 330. The van der Waals surface area contributed by atoms with Crippen LogP contribution in [0.1, 0.15) is 37.2 Å². The number of hydrogen-bond acceptors (Lipinski definition) is 3. The first-order valence-electron chi connectivity index (χ1n) is 5.18. The molecule has 0 aliphatic rings. The number of nitrogens with two attached hydrogens (primary N) is 1. The molecule has 1 heterocycles. The summed E-state index contributed by atoms with van der Waals surface area (Å²) in [4.78, 5) is 13.6. The van der Waals surface area contributed by atoms with Crippen LogP contribution in [-0.4, -0.2) is 34.1 Å². The van der Waals surface area contributed by atoms with Crippen molar-refractivity contribution in [3.63, 3.8) is 0 Å². The van der Waals surface area contributed by atoms with Crippen LogP contribution < -0.4 is 5.73 Å². The molecular weight excluding hydrogens is 192 g/mol. The Morgan fingerprint density at radius 1 is 1.60 bits per heavy atom. The van der Waals surface area contributed by atoms with Crippen LogP contribution in [0.5, 0.6) is 0 Å². The van der Waals surface area contributed by atoms with Crippen molar-refractivity contribution in [3.05, 3.63) is 11.8 Å². The molecule has 3 N–H and O–H groups in total. The maximum Gasteiger partial charge on any atom is 0.271 e. The Balaban J connectivity index is 2.76. The molecule has 0 fully saturated rings. The van der Waals surface area contributed by atoms with E-state index in [2.05, 4.69) is 24.0 Å². The molecule has 0 bridgehead atoms. The summed E-state index contributed by atoms with van der Waals surface area (Å²) in [5, 5.41) is 6.36. The van der Waals surface area contributed by atoms with Crippen molar-refractivity contribution in [2.24, 2.45) is 0 Å². The number of H-pyrrole nitrogens is 1. The van der Waals surface area contributed by atoms with Crippen molar-refractivity contribution in [3.8, 4) is 0 Å². The second-order valence-corrected chi connectivity index (χ2v) is 3.59. The van der Waals surface area contributed by atoms with E-state index in [9.17, 15) is 4.79 Å². The van der Waals surface area contributed by atoms with Crippen LogP contribution in [0.15, 0.2) is 6.07 Å². The third-order valence-corrected chi connectivity index (χ3v) is 2.64. The van der Waals surface area contributed by atoms with Gasteiger partial charge in [-0.3, -0.25) is 9.89 Å². The number of carbonyl (C=O) groups excluding carboxylic acids is 1. The number of carbonyl (C=O) groups is 1. The third kappa shape index (κ3) is 2.49. The maximum atomic E-state index is 11.9. The van der Waals surface area contributed by atoms with E-state index in [1.165, 1.54) is 0 Å². The number of nitrogen functional groups attached to an aromatic ring is 1. The van der Waals surface area contributed by atoms with E-state index in [0.717, 1.165) is 12.8 Å². The lowest BCUT2D eigenvalue weighted by molar-refractivity contribution is 0.0717. The van der Waals surface area contributed by atoms with E-state index < -0.39 is 0 Å². The van der Waals surface area contributed by atoms with Crippen LogP contribution in [0.4, 0.5) is 5.82 Å². The smallest absolute Gasteiger partial charge is 0.271 e. The number of rotatable bonds is 4. The van der Waals surface area contributed by atoms with E-state index in [0.29, 0.717) is 11.5 Å². The second kappa shape index (κ2) is 4.82. The number of anilines is 1. The molecule has 5 nitrogen and oxygen atoms in total. The molecule has 1 amide bonds. The lowest BCUT2D eigenvalue weighted by Gasteiger charge is -2.25. The largest absolute Gasteiger partial charge is 0.382 e. The zero-order valence-electron chi connectivity index (χ0n) is 9.45. The van der Waals surface area contributed by atoms with Crippen LogP contribution in [-0.2, 0) is 0 Å². The van der Waals surface area contributed by atoms with Crippen molar-refractivity contribution < 1.29 is 4.79 Å². The predicted molar refractivity (Wildman–Crippen MR) is 59.5 cm³/mol. The van der Waals surface area contributed by atoms with Gasteiger partial charge in [0.05, 0.1) is 0 Å². The molecule has 1 aromatic heterocycles. The van der Waals surface area contributed by atoms with E-state index in [1.807, 2.05) is 0 Å². The van der Waals surface area contributed by atoms with Gasteiger partial charge in [0.1, 0.15) is 11.5 Å². The molecule has 0 spiro atoms. The third-order valence-electron chi connectivity index (χ3n) is 2.64. The van der Waals surface area contributed by atoms with Crippen molar-refractivity contribution in [1.82, 2.24) is 15.1 Å². The number of aromatic nitrogens is 2. The van der Waals surface area contributed by atoms with E-state index >= 15 is 0 Å². The molecule has 0 aliphatic carbocycles. The lowest BCUT2D eigenvalue weighted by atomic mass is 10.1. The molecule has 0 radical (unpaired) electrons. The Labute approximate surface area is 89.6 Å². The van der Waals surface area contributed by atoms with Gasteiger partial charge in [-0.15, -0.1) is 0 Å². The fourth-order valence-electron chi connectivity index (χ4n) is 1.64. The van der Waals surface area contributed by atoms with Crippen LogP contribution in [0.2, 0.25) is 0 Å². The number of nitrogens with zero attached hydrogens (tertiary/aromatic N) is 2.